The number of nitrogens with two attached hydrogens (primary N) is 1. The number of benzene rings is 1. The zero-order valence-corrected chi connectivity index (χ0v) is 9.65. The van der Waals surface area contributed by atoms with Crippen LogP contribution in [-0.4, -0.2) is 24.4 Å². The summed E-state index contributed by atoms with van der Waals surface area (Å²) in [5.41, 5.74) is 7.19. The quantitative estimate of drug-likeness (QED) is 0.750. The first-order valence-electron chi connectivity index (χ1n) is 5.02. The molecule has 0 unspecified atom stereocenters. The monoisotopic (exact) mass is 234 g/mol. The van der Waals surface area contributed by atoms with E-state index in [1.54, 1.807) is 26.5 Å². The van der Waals surface area contributed by atoms with Crippen LogP contribution in [0.15, 0.2) is 24.4 Å². The maximum absolute atomic E-state index is 5.69. The first-order chi connectivity index (χ1) is 8.24. The Morgan fingerprint density at radius 1 is 1.24 bits per heavy atom. The number of H-pyrrole nitrogens is 1. The molecule has 6 heteroatoms. The van der Waals surface area contributed by atoms with Gasteiger partial charge in [0.15, 0.2) is 0 Å². The maximum atomic E-state index is 5.69. The van der Waals surface area contributed by atoms with Crippen LogP contribution in [0.3, 0.4) is 0 Å². The summed E-state index contributed by atoms with van der Waals surface area (Å²) in [7, 11) is 3.20. The first-order valence-corrected chi connectivity index (χ1v) is 5.02. The van der Waals surface area contributed by atoms with Crippen molar-refractivity contribution in [2.24, 2.45) is 0 Å². The average molecular weight is 234 g/mol. The Morgan fingerprint density at radius 2 is 2.06 bits per heavy atom. The number of hydrogen-bond acceptors (Lipinski definition) is 5. The van der Waals surface area contributed by atoms with Crippen molar-refractivity contribution in [3.8, 4) is 11.5 Å². The van der Waals surface area contributed by atoms with Crippen molar-refractivity contribution in [3.05, 3.63) is 24.4 Å². The minimum Gasteiger partial charge on any atom is -0.497 e. The highest BCUT2D eigenvalue weighted by atomic mass is 16.5. The molecule has 4 N–H and O–H groups in total. The molecule has 17 heavy (non-hydrogen) atoms. The Bertz CT molecular complexity index is 510. The van der Waals surface area contributed by atoms with E-state index >= 15 is 0 Å². The lowest BCUT2D eigenvalue weighted by Crippen LogP contribution is -1.97. The minimum absolute atomic E-state index is 0.475. The molecule has 0 atom stereocenters. The summed E-state index contributed by atoms with van der Waals surface area (Å²) in [6.45, 7) is 0. The van der Waals surface area contributed by atoms with E-state index in [4.69, 9.17) is 15.2 Å². The Kier molecular flexibility index (Phi) is 3.04. The second-order valence-electron chi connectivity index (χ2n) is 3.39. The molecule has 1 aromatic carbocycles. The van der Waals surface area contributed by atoms with E-state index in [2.05, 4.69) is 15.5 Å². The highest BCUT2D eigenvalue weighted by Gasteiger charge is 2.07. The number of aromatic nitrogens is 2. The number of hydrogen-bond donors (Lipinski definition) is 3. The van der Waals surface area contributed by atoms with Gasteiger partial charge in [0.2, 0.25) is 0 Å². The number of nitrogens with zero attached hydrogens (tertiary/aromatic N) is 1. The van der Waals surface area contributed by atoms with Crippen molar-refractivity contribution in [2.75, 3.05) is 25.3 Å². The van der Waals surface area contributed by atoms with E-state index < -0.39 is 0 Å². The summed E-state index contributed by atoms with van der Waals surface area (Å²) in [6, 6.07) is 5.48. The largest absolute Gasteiger partial charge is 0.497 e. The molecule has 90 valence electrons. The molecule has 0 spiro atoms. The van der Waals surface area contributed by atoms with Crippen molar-refractivity contribution >= 4 is 17.2 Å². The van der Waals surface area contributed by atoms with Gasteiger partial charge >= 0.3 is 0 Å². The number of aromatic amines is 1. The van der Waals surface area contributed by atoms with Gasteiger partial charge in [0.05, 0.1) is 26.1 Å². The van der Waals surface area contributed by atoms with Crippen LogP contribution in [0.5, 0.6) is 11.5 Å². The molecule has 0 radical (unpaired) electrons. The van der Waals surface area contributed by atoms with Crippen LogP contribution >= 0.6 is 0 Å². The fourth-order valence-electron chi connectivity index (χ4n) is 1.44. The number of anilines is 3. The third-order valence-electron chi connectivity index (χ3n) is 2.35. The van der Waals surface area contributed by atoms with Gasteiger partial charge in [-0.05, 0) is 12.1 Å². The Balaban J connectivity index is 2.29. The van der Waals surface area contributed by atoms with Crippen LogP contribution in [-0.2, 0) is 0 Å². The highest BCUT2D eigenvalue weighted by molar-refractivity contribution is 5.73. The molecule has 0 aliphatic carbocycles. The van der Waals surface area contributed by atoms with Crippen LogP contribution in [0, 0.1) is 0 Å². The normalized spacial score (nSPS) is 10.0. The predicted molar refractivity (Wildman–Crippen MR) is 65.8 cm³/mol. The summed E-state index contributed by atoms with van der Waals surface area (Å²) in [6.07, 6.45) is 1.61. The second kappa shape index (κ2) is 4.65. The van der Waals surface area contributed by atoms with Crippen molar-refractivity contribution in [1.82, 2.24) is 10.2 Å². The van der Waals surface area contributed by atoms with Gasteiger partial charge in [-0.2, -0.15) is 5.10 Å². The molecule has 1 aromatic heterocycles. The molecule has 0 aliphatic rings. The Hall–Kier alpha value is -2.37. The van der Waals surface area contributed by atoms with E-state index in [1.807, 2.05) is 12.1 Å². The van der Waals surface area contributed by atoms with Gasteiger partial charge in [0, 0.05) is 6.07 Å². The molecule has 0 amide bonds. The van der Waals surface area contributed by atoms with Gasteiger partial charge in [0.25, 0.3) is 0 Å². The average Bonchev–Trinajstić information content (AvgIpc) is 2.75. The molecule has 0 aliphatic heterocycles. The summed E-state index contributed by atoms with van der Waals surface area (Å²) < 4.78 is 10.4. The molecule has 0 saturated carbocycles. The van der Waals surface area contributed by atoms with Gasteiger partial charge < -0.3 is 20.5 Å². The lowest BCUT2D eigenvalue weighted by Gasteiger charge is -2.11. The van der Waals surface area contributed by atoms with Gasteiger partial charge in [-0.1, -0.05) is 0 Å². The molecule has 6 nitrogen and oxygen atoms in total. The van der Waals surface area contributed by atoms with Gasteiger partial charge in [0.1, 0.15) is 23.0 Å². The Labute approximate surface area is 98.7 Å². The molecule has 0 fully saturated rings. The summed E-state index contributed by atoms with van der Waals surface area (Å²) in [5.74, 6) is 1.88. The zero-order valence-electron chi connectivity index (χ0n) is 9.65. The minimum atomic E-state index is 0.475. The summed E-state index contributed by atoms with van der Waals surface area (Å²) in [5, 5.41) is 9.60. The molecular formula is C11H14N4O2. The lowest BCUT2D eigenvalue weighted by atomic mass is 10.2. The number of rotatable bonds is 4. The van der Waals surface area contributed by atoms with Gasteiger partial charge in [-0.25, -0.2) is 0 Å². The highest BCUT2D eigenvalue weighted by Crippen LogP contribution is 2.32. The van der Waals surface area contributed by atoms with Crippen molar-refractivity contribution in [2.45, 2.75) is 0 Å². The Morgan fingerprint density at radius 3 is 2.65 bits per heavy atom. The fourth-order valence-corrected chi connectivity index (χ4v) is 1.44. The SMILES string of the molecule is COc1ccc(Nc2cn[nH]c2N)c(OC)c1. The third kappa shape index (κ3) is 2.25. The van der Waals surface area contributed by atoms with Crippen molar-refractivity contribution in [1.29, 1.82) is 0 Å². The van der Waals surface area contributed by atoms with Crippen LogP contribution in [0.2, 0.25) is 0 Å². The van der Waals surface area contributed by atoms with Crippen molar-refractivity contribution < 1.29 is 9.47 Å². The maximum Gasteiger partial charge on any atom is 0.145 e. The summed E-state index contributed by atoms with van der Waals surface area (Å²) >= 11 is 0. The van der Waals surface area contributed by atoms with Crippen LogP contribution < -0.4 is 20.5 Å². The van der Waals surface area contributed by atoms with E-state index in [1.165, 1.54) is 0 Å². The third-order valence-corrected chi connectivity index (χ3v) is 2.35. The zero-order chi connectivity index (χ0) is 12.3. The summed E-state index contributed by atoms with van der Waals surface area (Å²) in [4.78, 5) is 0. The molecule has 1 heterocycles. The number of nitrogens with one attached hydrogen (secondary N) is 2. The molecule has 0 saturated heterocycles. The second-order valence-corrected chi connectivity index (χ2v) is 3.39. The topological polar surface area (TPSA) is 85.2 Å². The van der Waals surface area contributed by atoms with Gasteiger partial charge in [-0.15, -0.1) is 0 Å². The smallest absolute Gasteiger partial charge is 0.145 e. The molecule has 0 bridgehead atoms. The van der Waals surface area contributed by atoms with E-state index in [-0.39, 0.29) is 0 Å². The molecular weight excluding hydrogens is 220 g/mol. The predicted octanol–water partition coefficient (Wildman–Crippen LogP) is 1.75. The number of ether oxygens (including phenoxy) is 2. The molecule has 2 rings (SSSR count). The number of methoxy groups -OCH3 is 2. The van der Waals surface area contributed by atoms with Crippen LogP contribution in [0.25, 0.3) is 0 Å². The fraction of sp³-hybridized carbons (Fsp3) is 0.182. The number of nitrogen functional groups attached to an aromatic ring is 1. The standard InChI is InChI=1S/C11H14N4O2/c1-16-7-3-4-8(10(5-7)17-2)14-9-6-13-15-11(9)12/h3-6,14H,1-2H3,(H3,12,13,15). The van der Waals surface area contributed by atoms with Crippen molar-refractivity contribution in [3.63, 3.8) is 0 Å². The first kappa shape index (κ1) is 11.1. The van der Waals surface area contributed by atoms with Crippen LogP contribution in [0.4, 0.5) is 17.2 Å². The van der Waals surface area contributed by atoms with E-state index in [9.17, 15) is 0 Å². The molecule has 2 aromatic rings. The van der Waals surface area contributed by atoms with E-state index in [0.717, 1.165) is 11.4 Å². The van der Waals surface area contributed by atoms with Crippen LogP contribution in [0.1, 0.15) is 0 Å². The lowest BCUT2D eigenvalue weighted by molar-refractivity contribution is 0.395. The van der Waals surface area contributed by atoms with E-state index in [0.29, 0.717) is 17.3 Å². The van der Waals surface area contributed by atoms with Gasteiger partial charge in [-0.3, -0.25) is 5.10 Å².